The molecule has 0 radical (unpaired) electrons. The van der Waals surface area contributed by atoms with Crippen LogP contribution in [0.1, 0.15) is 17.4 Å². The third-order valence-electron chi connectivity index (χ3n) is 4.62. The molecule has 140 valence electrons. The molecule has 0 fully saturated rings. The van der Waals surface area contributed by atoms with Crippen molar-refractivity contribution < 1.29 is 13.7 Å². The van der Waals surface area contributed by atoms with Crippen molar-refractivity contribution in [3.8, 4) is 23.0 Å². The van der Waals surface area contributed by atoms with E-state index < -0.39 is 0 Å². The van der Waals surface area contributed by atoms with Crippen LogP contribution in [0.2, 0.25) is 5.02 Å². The van der Waals surface area contributed by atoms with Crippen molar-refractivity contribution in [1.82, 2.24) is 19.9 Å². The second-order valence-corrected chi connectivity index (χ2v) is 6.92. The summed E-state index contributed by atoms with van der Waals surface area (Å²) in [5.41, 5.74) is 3.22. The van der Waals surface area contributed by atoms with E-state index >= 15 is 0 Å². The largest absolute Gasteiger partial charge is 0.365 e. The lowest BCUT2D eigenvalue weighted by Crippen LogP contribution is -2.21. The second-order valence-electron chi connectivity index (χ2n) is 6.48. The van der Waals surface area contributed by atoms with Crippen LogP contribution in [0.5, 0.6) is 0 Å². The molecule has 1 aliphatic heterocycles. The number of fused-ring (bicyclic) bond motifs is 1. The average Bonchev–Trinajstić information content (AvgIpc) is 3.35. The highest BCUT2D eigenvalue weighted by Gasteiger charge is 2.24. The van der Waals surface area contributed by atoms with Gasteiger partial charge in [0.25, 0.3) is 5.89 Å². The van der Waals surface area contributed by atoms with Crippen LogP contribution in [0.25, 0.3) is 23.0 Å². The van der Waals surface area contributed by atoms with Gasteiger partial charge in [-0.05, 0) is 48.0 Å². The SMILES string of the molecule is Fc1ccc([C@@H]2Cn3nc(-c4nc(-c5ccc(Cl)cc5)no4)cc3CO2)cc1. The standard InChI is InChI=1S/C20H14ClFN4O2/c21-14-5-1-13(2-6-14)19-23-20(28-25-19)17-9-16-11-27-18(10-26(16)24-17)12-3-7-15(22)8-4-12/h1-9,18H,10-11H2/t18-/m0/s1. The van der Waals surface area contributed by atoms with E-state index in [1.165, 1.54) is 12.1 Å². The van der Waals surface area contributed by atoms with Crippen LogP contribution in [0, 0.1) is 5.82 Å². The monoisotopic (exact) mass is 396 g/mol. The number of hydrogen-bond acceptors (Lipinski definition) is 5. The quantitative estimate of drug-likeness (QED) is 0.503. The van der Waals surface area contributed by atoms with Crippen LogP contribution in [0.4, 0.5) is 4.39 Å². The first-order valence-corrected chi connectivity index (χ1v) is 9.07. The van der Waals surface area contributed by atoms with E-state index in [0.717, 1.165) is 16.8 Å². The molecular weight excluding hydrogens is 383 g/mol. The topological polar surface area (TPSA) is 66.0 Å². The maximum Gasteiger partial charge on any atom is 0.278 e. The molecule has 2 aromatic carbocycles. The van der Waals surface area contributed by atoms with E-state index in [4.69, 9.17) is 20.9 Å². The van der Waals surface area contributed by atoms with E-state index in [1.54, 1.807) is 24.3 Å². The summed E-state index contributed by atoms with van der Waals surface area (Å²) in [4.78, 5) is 4.43. The molecular formula is C20H14ClFN4O2. The summed E-state index contributed by atoms with van der Waals surface area (Å²) in [7, 11) is 0. The third kappa shape index (κ3) is 3.19. The Morgan fingerprint density at radius 2 is 1.86 bits per heavy atom. The first-order chi connectivity index (χ1) is 13.7. The molecule has 0 saturated heterocycles. The molecule has 0 aliphatic carbocycles. The molecule has 28 heavy (non-hydrogen) atoms. The Kier molecular flexibility index (Phi) is 4.18. The normalized spacial score (nSPS) is 16.1. The van der Waals surface area contributed by atoms with Crippen molar-refractivity contribution >= 4 is 11.6 Å². The zero-order valence-corrected chi connectivity index (χ0v) is 15.3. The first-order valence-electron chi connectivity index (χ1n) is 8.69. The minimum atomic E-state index is -0.269. The summed E-state index contributed by atoms with van der Waals surface area (Å²) in [5, 5.41) is 9.25. The van der Waals surface area contributed by atoms with Crippen molar-refractivity contribution in [1.29, 1.82) is 0 Å². The van der Waals surface area contributed by atoms with Gasteiger partial charge in [0.1, 0.15) is 11.9 Å². The van der Waals surface area contributed by atoms with E-state index in [0.29, 0.717) is 35.6 Å². The second kappa shape index (κ2) is 6.85. The fourth-order valence-corrected chi connectivity index (χ4v) is 3.28. The van der Waals surface area contributed by atoms with Gasteiger partial charge in [0.2, 0.25) is 5.82 Å². The van der Waals surface area contributed by atoms with Crippen LogP contribution in [-0.2, 0) is 17.9 Å². The fraction of sp³-hybridized carbons (Fsp3) is 0.150. The highest BCUT2D eigenvalue weighted by atomic mass is 35.5. The zero-order chi connectivity index (χ0) is 19.1. The third-order valence-corrected chi connectivity index (χ3v) is 4.88. The smallest absolute Gasteiger partial charge is 0.278 e. The van der Waals surface area contributed by atoms with Crippen LogP contribution in [0.3, 0.4) is 0 Å². The lowest BCUT2D eigenvalue weighted by Gasteiger charge is -2.24. The number of hydrogen-bond donors (Lipinski definition) is 0. The molecule has 2 aromatic heterocycles. The Hall–Kier alpha value is -3.03. The predicted octanol–water partition coefficient (Wildman–Crippen LogP) is 4.66. The van der Waals surface area contributed by atoms with Crippen molar-refractivity contribution in [3.63, 3.8) is 0 Å². The lowest BCUT2D eigenvalue weighted by molar-refractivity contribution is -0.00116. The molecule has 1 aliphatic rings. The van der Waals surface area contributed by atoms with E-state index in [1.807, 2.05) is 22.9 Å². The van der Waals surface area contributed by atoms with Gasteiger partial charge >= 0.3 is 0 Å². The van der Waals surface area contributed by atoms with E-state index in [9.17, 15) is 4.39 Å². The number of nitrogens with zero attached hydrogens (tertiary/aromatic N) is 4. The Morgan fingerprint density at radius 1 is 1.07 bits per heavy atom. The van der Waals surface area contributed by atoms with Gasteiger partial charge in [0.05, 0.1) is 18.8 Å². The number of ether oxygens (including phenoxy) is 1. The number of benzene rings is 2. The molecule has 0 spiro atoms. The molecule has 6 nitrogen and oxygen atoms in total. The lowest BCUT2D eigenvalue weighted by atomic mass is 10.1. The summed E-state index contributed by atoms with van der Waals surface area (Å²) in [6.07, 6.45) is -0.187. The molecule has 0 N–H and O–H groups in total. The van der Waals surface area contributed by atoms with Crippen LogP contribution in [-0.4, -0.2) is 19.9 Å². The number of halogens is 2. The Bertz CT molecular complexity index is 1120. The molecule has 5 rings (SSSR count). The maximum absolute atomic E-state index is 13.1. The summed E-state index contributed by atoms with van der Waals surface area (Å²) in [6.45, 7) is 0.923. The van der Waals surface area contributed by atoms with Gasteiger partial charge in [-0.1, -0.05) is 28.9 Å². The summed E-state index contributed by atoms with van der Waals surface area (Å²) >= 11 is 5.91. The average molecular weight is 397 g/mol. The van der Waals surface area contributed by atoms with E-state index in [2.05, 4.69) is 15.2 Å². The molecule has 0 unspecified atom stereocenters. The predicted molar refractivity (Wildman–Crippen MR) is 99.9 cm³/mol. The summed E-state index contributed by atoms with van der Waals surface area (Å²) in [6, 6.07) is 15.4. The van der Waals surface area contributed by atoms with Crippen molar-refractivity contribution in [3.05, 3.63) is 76.7 Å². The Balaban J connectivity index is 1.39. The van der Waals surface area contributed by atoms with Crippen LogP contribution < -0.4 is 0 Å². The first kappa shape index (κ1) is 17.1. The van der Waals surface area contributed by atoms with Crippen molar-refractivity contribution in [2.24, 2.45) is 0 Å². The molecule has 8 heteroatoms. The molecule has 4 aromatic rings. The fourth-order valence-electron chi connectivity index (χ4n) is 3.15. The van der Waals surface area contributed by atoms with Crippen LogP contribution >= 0.6 is 11.6 Å². The molecule has 0 amide bonds. The van der Waals surface area contributed by atoms with Gasteiger partial charge in [0, 0.05) is 10.6 Å². The molecule has 0 saturated carbocycles. The van der Waals surface area contributed by atoms with Gasteiger partial charge in [-0.2, -0.15) is 10.1 Å². The maximum atomic E-state index is 13.1. The molecule has 1 atom stereocenters. The van der Waals surface area contributed by atoms with Gasteiger partial charge in [0.15, 0.2) is 5.69 Å². The van der Waals surface area contributed by atoms with Crippen molar-refractivity contribution in [2.75, 3.05) is 0 Å². The van der Waals surface area contributed by atoms with Gasteiger partial charge in [-0.3, -0.25) is 4.68 Å². The number of aromatic nitrogens is 4. The highest BCUT2D eigenvalue weighted by Crippen LogP contribution is 2.29. The van der Waals surface area contributed by atoms with Crippen molar-refractivity contribution in [2.45, 2.75) is 19.3 Å². The Labute approximate surface area is 164 Å². The van der Waals surface area contributed by atoms with Gasteiger partial charge < -0.3 is 9.26 Å². The molecule has 0 bridgehead atoms. The molecule has 3 heterocycles. The number of rotatable bonds is 3. The van der Waals surface area contributed by atoms with Gasteiger partial charge in [-0.25, -0.2) is 4.39 Å². The summed E-state index contributed by atoms with van der Waals surface area (Å²) in [5.74, 6) is 0.540. The van der Waals surface area contributed by atoms with Crippen LogP contribution in [0.15, 0.2) is 59.1 Å². The summed E-state index contributed by atoms with van der Waals surface area (Å²) < 4.78 is 26.3. The zero-order valence-electron chi connectivity index (χ0n) is 14.5. The van der Waals surface area contributed by atoms with E-state index in [-0.39, 0.29) is 11.9 Å². The minimum Gasteiger partial charge on any atom is -0.365 e. The highest BCUT2D eigenvalue weighted by molar-refractivity contribution is 6.30. The Morgan fingerprint density at radius 3 is 2.64 bits per heavy atom. The van der Waals surface area contributed by atoms with Gasteiger partial charge in [-0.15, -0.1) is 0 Å². The minimum absolute atomic E-state index is 0.187.